The molecule has 2 aromatic rings. The van der Waals surface area contributed by atoms with Crippen LogP contribution in [0.1, 0.15) is 31.8 Å². The molecule has 5 N–H and O–H groups in total. The molecule has 0 spiro atoms. The van der Waals surface area contributed by atoms with Gasteiger partial charge in [-0.25, -0.2) is 8.42 Å². The Morgan fingerprint density at radius 2 is 1.54 bits per heavy atom. The van der Waals surface area contributed by atoms with Gasteiger partial charge in [0.05, 0.1) is 16.8 Å². The van der Waals surface area contributed by atoms with Crippen molar-refractivity contribution in [1.82, 2.24) is 0 Å². The first-order chi connectivity index (χ1) is 12.1. The number of phenols is 2. The van der Waals surface area contributed by atoms with Crippen molar-refractivity contribution in [1.29, 1.82) is 0 Å². The first-order valence-corrected chi connectivity index (χ1v) is 8.70. The highest BCUT2D eigenvalue weighted by molar-refractivity contribution is 7.86. The van der Waals surface area contributed by atoms with Crippen LogP contribution in [0.2, 0.25) is 0 Å². The van der Waals surface area contributed by atoms with Gasteiger partial charge < -0.3 is 25.8 Å². The average Bonchev–Trinajstić information content (AvgIpc) is 2.53. The van der Waals surface area contributed by atoms with Crippen LogP contribution in [0.4, 0.5) is 5.69 Å². The third-order valence-corrected chi connectivity index (χ3v) is 4.76. The second-order valence-corrected chi connectivity index (χ2v) is 7.05. The van der Waals surface area contributed by atoms with E-state index in [1.54, 1.807) is 0 Å². The number of aromatic hydroxyl groups is 2. The van der Waals surface area contributed by atoms with E-state index in [1.165, 1.54) is 24.3 Å². The number of ketones is 2. The summed E-state index contributed by atoms with van der Waals surface area (Å²) in [5, 5.41) is 22.1. The van der Waals surface area contributed by atoms with E-state index < -0.39 is 60.0 Å². The predicted molar refractivity (Wildman–Crippen MR) is 91.4 cm³/mol. The lowest BCUT2D eigenvalue weighted by Crippen LogP contribution is -2.27. The normalized spacial score (nSPS) is 13.1. The van der Waals surface area contributed by atoms with Crippen molar-refractivity contribution >= 4 is 44.7 Å². The molecule has 134 valence electrons. The molecule has 1 aliphatic rings. The van der Waals surface area contributed by atoms with Crippen molar-refractivity contribution in [2.45, 2.75) is 4.90 Å². The summed E-state index contributed by atoms with van der Waals surface area (Å²) < 4.78 is 34.4. The van der Waals surface area contributed by atoms with Gasteiger partial charge in [-0.3, -0.25) is 9.59 Å². The van der Waals surface area contributed by atoms with E-state index in [9.17, 15) is 32.8 Å². The van der Waals surface area contributed by atoms with E-state index in [4.69, 9.17) is 5.73 Å². The lowest BCUT2D eigenvalue weighted by Gasteiger charge is -2.25. The minimum atomic E-state index is -5.41. The smallest absolute Gasteiger partial charge is 0.198 e. The standard InChI is InChI=1S/C15H10N2O7S2/c16-15(25)17-9-7-8(12(20)14(13(9)21)26(22,23)24)11(19)6-4-2-1-3-5(6)10(7)18/h1-4,20-21H,(H3,16,17,25)(H,22,23,24)/p-1. The molecule has 9 nitrogen and oxygen atoms in total. The molecule has 0 aliphatic heterocycles. The lowest BCUT2D eigenvalue weighted by atomic mass is 9.82. The highest BCUT2D eigenvalue weighted by atomic mass is 32.2. The number of carbonyl (C=O) groups is 2. The predicted octanol–water partition coefficient (Wildman–Crippen LogP) is 0.433. The summed E-state index contributed by atoms with van der Waals surface area (Å²) in [6.07, 6.45) is 0. The zero-order valence-corrected chi connectivity index (χ0v) is 14.3. The van der Waals surface area contributed by atoms with Crippen molar-refractivity contribution < 1.29 is 32.8 Å². The molecule has 0 saturated heterocycles. The highest BCUT2D eigenvalue weighted by Crippen LogP contribution is 2.47. The fourth-order valence-corrected chi connectivity index (χ4v) is 3.56. The summed E-state index contributed by atoms with van der Waals surface area (Å²) >= 11 is 4.63. The van der Waals surface area contributed by atoms with Crippen LogP contribution in [0, 0.1) is 0 Å². The van der Waals surface area contributed by atoms with E-state index in [2.05, 4.69) is 17.5 Å². The molecule has 0 unspecified atom stereocenters. The Hall–Kier alpha value is -3.02. The number of rotatable bonds is 2. The zero-order valence-electron chi connectivity index (χ0n) is 12.6. The van der Waals surface area contributed by atoms with Crippen LogP contribution in [-0.2, 0) is 10.1 Å². The summed E-state index contributed by atoms with van der Waals surface area (Å²) in [6.45, 7) is 0. The topological polar surface area (TPSA) is 170 Å². The molecule has 11 heteroatoms. The van der Waals surface area contributed by atoms with E-state index in [-0.39, 0.29) is 11.1 Å². The number of hydrogen-bond acceptors (Lipinski definition) is 8. The molecule has 0 heterocycles. The number of carbonyl (C=O) groups excluding carboxylic acids is 2. The Morgan fingerprint density at radius 1 is 1.04 bits per heavy atom. The molecule has 0 fully saturated rings. The molecule has 0 radical (unpaired) electrons. The maximum atomic E-state index is 12.8. The number of fused-ring (bicyclic) bond motifs is 2. The maximum absolute atomic E-state index is 12.8. The quantitative estimate of drug-likeness (QED) is 0.207. The summed E-state index contributed by atoms with van der Waals surface area (Å²) in [5.41, 5.74) is 3.27. The van der Waals surface area contributed by atoms with Gasteiger partial charge in [0, 0.05) is 11.1 Å². The van der Waals surface area contributed by atoms with E-state index in [0.29, 0.717) is 0 Å². The Morgan fingerprint density at radius 3 is 2.00 bits per heavy atom. The monoisotopic (exact) mass is 393 g/mol. The van der Waals surface area contributed by atoms with Crippen LogP contribution in [0.5, 0.6) is 11.5 Å². The number of nitrogens with one attached hydrogen (secondary N) is 1. The molecule has 0 aromatic heterocycles. The number of nitrogens with two attached hydrogens (primary N) is 1. The summed E-state index contributed by atoms with van der Waals surface area (Å²) in [6, 6.07) is 5.60. The van der Waals surface area contributed by atoms with E-state index in [0.717, 1.165) is 0 Å². The van der Waals surface area contributed by atoms with Gasteiger partial charge in [0.1, 0.15) is 20.8 Å². The molecule has 0 amide bonds. The van der Waals surface area contributed by atoms with Gasteiger partial charge in [0.25, 0.3) is 0 Å². The first-order valence-electron chi connectivity index (χ1n) is 6.88. The number of phenolic OH excluding ortho intramolecular Hbond substituents is 2. The minimum Gasteiger partial charge on any atom is -0.744 e. The van der Waals surface area contributed by atoms with Gasteiger partial charge in [-0.2, -0.15) is 0 Å². The van der Waals surface area contributed by atoms with Crippen LogP contribution < -0.4 is 11.1 Å². The molecular formula is C15H9N2O7S2-. The fourth-order valence-electron chi connectivity index (χ4n) is 2.78. The lowest BCUT2D eigenvalue weighted by molar-refractivity contribution is 0.0976. The number of thiocarbonyl (C=S) groups is 1. The maximum Gasteiger partial charge on any atom is 0.198 e. The van der Waals surface area contributed by atoms with Crippen LogP contribution in [0.3, 0.4) is 0 Å². The molecular weight excluding hydrogens is 384 g/mol. The van der Waals surface area contributed by atoms with Gasteiger partial charge in [0.15, 0.2) is 22.4 Å². The van der Waals surface area contributed by atoms with E-state index in [1.807, 2.05) is 0 Å². The van der Waals surface area contributed by atoms with Gasteiger partial charge in [-0.1, -0.05) is 24.3 Å². The zero-order chi connectivity index (χ0) is 19.4. The van der Waals surface area contributed by atoms with Crippen LogP contribution in [0.15, 0.2) is 29.2 Å². The third-order valence-electron chi connectivity index (χ3n) is 3.77. The van der Waals surface area contributed by atoms with Gasteiger partial charge in [-0.05, 0) is 12.2 Å². The average molecular weight is 393 g/mol. The van der Waals surface area contributed by atoms with Gasteiger partial charge >= 0.3 is 0 Å². The van der Waals surface area contributed by atoms with Crippen LogP contribution in [-0.4, -0.2) is 39.9 Å². The second-order valence-electron chi connectivity index (χ2n) is 5.30. The molecule has 2 aromatic carbocycles. The summed E-state index contributed by atoms with van der Waals surface area (Å²) in [5.74, 6) is -4.27. The van der Waals surface area contributed by atoms with Crippen LogP contribution >= 0.6 is 12.2 Å². The molecule has 0 saturated carbocycles. The van der Waals surface area contributed by atoms with Crippen molar-refractivity contribution in [3.63, 3.8) is 0 Å². The molecule has 0 bridgehead atoms. The molecule has 26 heavy (non-hydrogen) atoms. The summed E-state index contributed by atoms with van der Waals surface area (Å²) in [7, 11) is -5.41. The summed E-state index contributed by atoms with van der Waals surface area (Å²) in [4.78, 5) is 24.1. The van der Waals surface area contributed by atoms with Crippen LogP contribution in [0.25, 0.3) is 0 Å². The van der Waals surface area contributed by atoms with E-state index >= 15 is 0 Å². The molecule has 3 rings (SSSR count). The minimum absolute atomic E-state index is 0.0347. The third kappa shape index (κ3) is 2.49. The molecule has 0 atom stereocenters. The second kappa shape index (κ2) is 5.76. The number of anilines is 1. The Labute approximate surface area is 151 Å². The van der Waals surface area contributed by atoms with Gasteiger partial charge in [-0.15, -0.1) is 0 Å². The fraction of sp³-hybridized carbons (Fsp3) is 0. The Bertz CT molecular complexity index is 1120. The number of hydrogen-bond donors (Lipinski definition) is 4. The SMILES string of the molecule is NC(=S)Nc1c(O)c(S(=O)(=O)[O-])c(O)c2c1C(=O)c1ccccc1C2=O. The van der Waals surface area contributed by atoms with Gasteiger partial charge in [0.2, 0.25) is 0 Å². The highest BCUT2D eigenvalue weighted by Gasteiger charge is 2.39. The molecule has 1 aliphatic carbocycles. The number of benzene rings is 2. The largest absolute Gasteiger partial charge is 0.744 e. The van der Waals surface area contributed by atoms with Crippen molar-refractivity contribution in [3.8, 4) is 11.5 Å². The Kier molecular flexibility index (Phi) is 3.94. The first kappa shape index (κ1) is 17.8. The Balaban J connectivity index is 2.51. The van der Waals surface area contributed by atoms with Crippen molar-refractivity contribution in [2.75, 3.05) is 5.32 Å². The van der Waals surface area contributed by atoms with Crippen molar-refractivity contribution in [2.24, 2.45) is 5.73 Å². The van der Waals surface area contributed by atoms with Crippen molar-refractivity contribution in [3.05, 3.63) is 46.5 Å².